The van der Waals surface area contributed by atoms with Gasteiger partial charge in [0.15, 0.2) is 5.82 Å². The third-order valence-electron chi connectivity index (χ3n) is 2.23. The Morgan fingerprint density at radius 3 is 2.88 bits per heavy atom. The van der Waals surface area contributed by atoms with Crippen LogP contribution in [-0.2, 0) is 0 Å². The van der Waals surface area contributed by atoms with E-state index in [1.54, 1.807) is 18.5 Å². The molecule has 0 radical (unpaired) electrons. The van der Waals surface area contributed by atoms with Crippen LogP contribution in [0.1, 0.15) is 19.9 Å². The number of aromatic nitrogens is 3. The number of nitrogens with two attached hydrogens (primary N) is 1. The van der Waals surface area contributed by atoms with Crippen molar-refractivity contribution in [1.29, 1.82) is 0 Å². The Morgan fingerprint density at radius 1 is 1.44 bits per heavy atom. The lowest BCUT2D eigenvalue weighted by atomic mass is 10.4. The summed E-state index contributed by atoms with van der Waals surface area (Å²) in [5.74, 6) is 0.658. The van der Waals surface area contributed by atoms with E-state index < -0.39 is 0 Å². The Hall–Kier alpha value is -2.04. The molecule has 0 spiro atoms. The van der Waals surface area contributed by atoms with Gasteiger partial charge in [0.25, 0.3) is 0 Å². The average Bonchev–Trinajstić information content (AvgIpc) is 2.70. The molecule has 0 aliphatic heterocycles. The molecule has 2 rings (SSSR count). The van der Waals surface area contributed by atoms with Gasteiger partial charge in [0.2, 0.25) is 0 Å². The zero-order valence-electron chi connectivity index (χ0n) is 9.38. The molecule has 0 bridgehead atoms. The third kappa shape index (κ3) is 2.13. The minimum absolute atomic E-state index is 0.344. The van der Waals surface area contributed by atoms with Crippen LogP contribution in [0.4, 0.5) is 17.2 Å². The topological polar surface area (TPSA) is 68.8 Å². The average molecular weight is 217 g/mol. The molecule has 84 valence electrons. The molecule has 0 saturated heterocycles. The first-order valence-electron chi connectivity index (χ1n) is 5.18. The Morgan fingerprint density at radius 2 is 2.25 bits per heavy atom. The molecule has 5 heteroatoms. The summed E-state index contributed by atoms with van der Waals surface area (Å²) >= 11 is 0. The van der Waals surface area contributed by atoms with Crippen LogP contribution in [0.5, 0.6) is 0 Å². The molecule has 0 amide bonds. The van der Waals surface area contributed by atoms with Crippen molar-refractivity contribution in [2.45, 2.75) is 19.9 Å². The van der Waals surface area contributed by atoms with E-state index in [2.05, 4.69) is 29.2 Å². The van der Waals surface area contributed by atoms with Gasteiger partial charge in [-0.05, 0) is 26.0 Å². The van der Waals surface area contributed by atoms with Gasteiger partial charge in [-0.2, -0.15) is 5.10 Å². The number of hydrogen-bond acceptors (Lipinski definition) is 4. The zero-order valence-corrected chi connectivity index (χ0v) is 9.38. The quantitative estimate of drug-likeness (QED) is 0.826. The molecule has 0 aliphatic carbocycles. The van der Waals surface area contributed by atoms with Gasteiger partial charge in [-0.3, -0.25) is 4.68 Å². The molecule has 2 aromatic heterocycles. The SMILES string of the molecule is CC(C)n1cc(Nc2ncccc2N)cn1. The van der Waals surface area contributed by atoms with E-state index in [0.29, 0.717) is 17.5 Å². The minimum Gasteiger partial charge on any atom is -0.396 e. The standard InChI is InChI=1S/C11H15N5/c1-8(2)16-7-9(6-14-16)15-11-10(12)4-3-5-13-11/h3-8H,12H2,1-2H3,(H,13,15). The van der Waals surface area contributed by atoms with Crippen molar-refractivity contribution in [1.82, 2.24) is 14.8 Å². The molecule has 3 N–H and O–H groups in total. The number of nitrogen functional groups attached to an aromatic ring is 1. The van der Waals surface area contributed by atoms with Crippen LogP contribution < -0.4 is 11.1 Å². The van der Waals surface area contributed by atoms with Gasteiger partial charge in [0.05, 0.1) is 17.6 Å². The van der Waals surface area contributed by atoms with Crippen molar-refractivity contribution in [3.8, 4) is 0 Å². The van der Waals surface area contributed by atoms with E-state index in [0.717, 1.165) is 5.69 Å². The predicted molar refractivity (Wildman–Crippen MR) is 64.5 cm³/mol. The van der Waals surface area contributed by atoms with Crippen LogP contribution in [0.3, 0.4) is 0 Å². The summed E-state index contributed by atoms with van der Waals surface area (Å²) in [4.78, 5) is 4.15. The fourth-order valence-corrected chi connectivity index (χ4v) is 1.34. The molecule has 2 aromatic rings. The van der Waals surface area contributed by atoms with E-state index in [-0.39, 0.29) is 0 Å². The molecule has 0 saturated carbocycles. The first-order valence-corrected chi connectivity index (χ1v) is 5.18. The lowest BCUT2D eigenvalue weighted by Gasteiger charge is -2.05. The van der Waals surface area contributed by atoms with Crippen molar-refractivity contribution in [3.63, 3.8) is 0 Å². The van der Waals surface area contributed by atoms with Crippen molar-refractivity contribution in [2.75, 3.05) is 11.1 Å². The second-order valence-electron chi connectivity index (χ2n) is 3.87. The maximum absolute atomic E-state index is 5.78. The lowest BCUT2D eigenvalue weighted by Crippen LogP contribution is -2.00. The number of rotatable bonds is 3. The lowest BCUT2D eigenvalue weighted by molar-refractivity contribution is 0.532. The summed E-state index contributed by atoms with van der Waals surface area (Å²) in [6.07, 6.45) is 5.39. The molecule has 0 aliphatic rings. The number of nitrogens with one attached hydrogen (secondary N) is 1. The minimum atomic E-state index is 0.344. The van der Waals surface area contributed by atoms with Crippen LogP contribution in [0.2, 0.25) is 0 Å². The molecule has 5 nitrogen and oxygen atoms in total. The van der Waals surface area contributed by atoms with Gasteiger partial charge < -0.3 is 11.1 Å². The maximum Gasteiger partial charge on any atom is 0.153 e. The summed E-state index contributed by atoms with van der Waals surface area (Å²) < 4.78 is 1.88. The van der Waals surface area contributed by atoms with Gasteiger partial charge in [0, 0.05) is 18.4 Å². The second-order valence-corrected chi connectivity index (χ2v) is 3.87. The molecule has 0 fully saturated rings. The highest BCUT2D eigenvalue weighted by Crippen LogP contribution is 2.19. The molecular weight excluding hydrogens is 202 g/mol. The van der Waals surface area contributed by atoms with Crippen LogP contribution in [0.25, 0.3) is 0 Å². The van der Waals surface area contributed by atoms with Crippen LogP contribution >= 0.6 is 0 Å². The third-order valence-corrected chi connectivity index (χ3v) is 2.23. The van der Waals surface area contributed by atoms with Gasteiger partial charge in [0.1, 0.15) is 0 Å². The van der Waals surface area contributed by atoms with E-state index in [1.165, 1.54) is 0 Å². The molecule has 16 heavy (non-hydrogen) atoms. The van der Waals surface area contributed by atoms with Crippen LogP contribution in [-0.4, -0.2) is 14.8 Å². The monoisotopic (exact) mass is 217 g/mol. The highest BCUT2D eigenvalue weighted by molar-refractivity contribution is 5.67. The Balaban J connectivity index is 2.18. The van der Waals surface area contributed by atoms with E-state index in [1.807, 2.05) is 16.9 Å². The summed E-state index contributed by atoms with van der Waals surface area (Å²) in [6.45, 7) is 4.15. The Labute approximate surface area is 94.3 Å². The van der Waals surface area contributed by atoms with E-state index in [9.17, 15) is 0 Å². The largest absolute Gasteiger partial charge is 0.396 e. The summed E-state index contributed by atoms with van der Waals surface area (Å²) in [6, 6.07) is 3.96. The van der Waals surface area contributed by atoms with E-state index in [4.69, 9.17) is 5.73 Å². The van der Waals surface area contributed by atoms with Crippen molar-refractivity contribution >= 4 is 17.2 Å². The number of nitrogens with zero attached hydrogens (tertiary/aromatic N) is 3. The highest BCUT2D eigenvalue weighted by Gasteiger charge is 2.04. The van der Waals surface area contributed by atoms with Crippen molar-refractivity contribution in [2.24, 2.45) is 0 Å². The smallest absolute Gasteiger partial charge is 0.153 e. The van der Waals surface area contributed by atoms with Crippen molar-refractivity contribution in [3.05, 3.63) is 30.7 Å². The fraction of sp³-hybridized carbons (Fsp3) is 0.273. The van der Waals surface area contributed by atoms with Crippen LogP contribution in [0.15, 0.2) is 30.7 Å². The van der Waals surface area contributed by atoms with Gasteiger partial charge in [-0.25, -0.2) is 4.98 Å². The normalized spacial score (nSPS) is 10.7. The second kappa shape index (κ2) is 4.22. The summed E-state index contributed by atoms with van der Waals surface area (Å²) in [5, 5.41) is 7.36. The first kappa shape index (κ1) is 10.5. The maximum atomic E-state index is 5.78. The first-order chi connectivity index (χ1) is 7.66. The number of hydrogen-bond donors (Lipinski definition) is 2. The molecule has 0 unspecified atom stereocenters. The number of pyridine rings is 1. The predicted octanol–water partition coefficient (Wildman–Crippen LogP) is 2.18. The van der Waals surface area contributed by atoms with Gasteiger partial charge in [-0.15, -0.1) is 0 Å². The molecular formula is C11H15N5. The molecule has 2 heterocycles. The van der Waals surface area contributed by atoms with Gasteiger partial charge >= 0.3 is 0 Å². The Bertz CT molecular complexity index is 475. The molecule has 0 atom stereocenters. The molecule has 0 aromatic carbocycles. The van der Waals surface area contributed by atoms with E-state index >= 15 is 0 Å². The van der Waals surface area contributed by atoms with Crippen LogP contribution in [0, 0.1) is 0 Å². The summed E-state index contributed by atoms with van der Waals surface area (Å²) in [7, 11) is 0. The number of anilines is 3. The van der Waals surface area contributed by atoms with Crippen molar-refractivity contribution < 1.29 is 0 Å². The van der Waals surface area contributed by atoms with Gasteiger partial charge in [-0.1, -0.05) is 0 Å². The zero-order chi connectivity index (χ0) is 11.5. The summed E-state index contributed by atoms with van der Waals surface area (Å²) in [5.41, 5.74) is 7.30. The fourth-order valence-electron chi connectivity index (χ4n) is 1.34. The highest BCUT2D eigenvalue weighted by atomic mass is 15.3. The Kier molecular flexibility index (Phi) is 2.76.